The van der Waals surface area contributed by atoms with Gasteiger partial charge < -0.3 is 4.90 Å². The van der Waals surface area contributed by atoms with Gasteiger partial charge in [0.1, 0.15) is 5.82 Å². The first-order valence-electron chi connectivity index (χ1n) is 8.97. The highest BCUT2D eigenvalue weighted by atomic mass is 32.2. The number of carbonyl (C=O) groups is 1. The Morgan fingerprint density at radius 3 is 2.17 bits per heavy atom. The van der Waals surface area contributed by atoms with Gasteiger partial charge in [-0.15, -0.1) is 0 Å². The minimum atomic E-state index is -4.43. The van der Waals surface area contributed by atoms with Crippen molar-refractivity contribution >= 4 is 22.0 Å². The van der Waals surface area contributed by atoms with Crippen LogP contribution >= 0.6 is 0 Å². The van der Waals surface area contributed by atoms with Gasteiger partial charge in [-0.3, -0.25) is 4.79 Å². The van der Waals surface area contributed by atoms with Gasteiger partial charge in [0.25, 0.3) is 0 Å². The molecule has 2 aromatic rings. The van der Waals surface area contributed by atoms with Gasteiger partial charge in [0.05, 0.1) is 10.5 Å². The van der Waals surface area contributed by atoms with Crippen molar-refractivity contribution in [1.82, 2.24) is 9.21 Å². The van der Waals surface area contributed by atoms with E-state index < -0.39 is 27.6 Å². The molecule has 0 unspecified atom stereocenters. The summed E-state index contributed by atoms with van der Waals surface area (Å²) < 4.78 is 77.4. The van der Waals surface area contributed by atoms with E-state index >= 15 is 0 Å². The number of rotatable bonds is 4. The van der Waals surface area contributed by atoms with Gasteiger partial charge in [0.15, 0.2) is 0 Å². The summed E-state index contributed by atoms with van der Waals surface area (Å²) in [6.45, 7) is 0.396. The van der Waals surface area contributed by atoms with Crippen LogP contribution in [0.15, 0.2) is 59.5 Å². The molecule has 1 heterocycles. The molecule has 10 heteroatoms. The van der Waals surface area contributed by atoms with Crippen LogP contribution in [0, 0.1) is 5.82 Å². The van der Waals surface area contributed by atoms with Crippen molar-refractivity contribution in [1.29, 1.82) is 0 Å². The Labute approximate surface area is 171 Å². The largest absolute Gasteiger partial charge is 0.416 e. The van der Waals surface area contributed by atoms with E-state index in [2.05, 4.69) is 0 Å². The lowest BCUT2D eigenvalue weighted by Gasteiger charge is -2.33. The Balaban J connectivity index is 1.59. The average Bonchev–Trinajstić information content (AvgIpc) is 2.72. The van der Waals surface area contributed by atoms with Crippen LogP contribution < -0.4 is 0 Å². The normalized spacial score (nSPS) is 16.2. The number of amides is 1. The fourth-order valence-corrected chi connectivity index (χ4v) is 4.44. The smallest absolute Gasteiger partial charge is 0.337 e. The maximum absolute atomic E-state index is 13.3. The number of carbonyl (C=O) groups excluding carboxylic acids is 1. The standard InChI is InChI=1S/C20H18F4N2O3S/c21-17-2-1-3-18(14-17)30(28,29)26-12-10-25(11-13-26)19(27)9-6-15-4-7-16(8-5-15)20(22,23)24/h1-9,14H,10-13H2/b9-6+. The van der Waals surface area contributed by atoms with Gasteiger partial charge in [-0.1, -0.05) is 18.2 Å². The summed E-state index contributed by atoms with van der Waals surface area (Å²) in [5.41, 5.74) is -0.342. The van der Waals surface area contributed by atoms with E-state index in [1.165, 1.54) is 45.6 Å². The van der Waals surface area contributed by atoms with Crippen LogP contribution in [0.2, 0.25) is 0 Å². The van der Waals surface area contributed by atoms with E-state index in [9.17, 15) is 30.8 Å². The Bertz CT molecular complexity index is 1040. The first kappa shape index (κ1) is 22.0. The van der Waals surface area contributed by atoms with Crippen LogP contribution in [-0.2, 0) is 21.0 Å². The van der Waals surface area contributed by atoms with E-state index in [0.717, 1.165) is 24.3 Å². The van der Waals surface area contributed by atoms with Crippen LogP contribution in [0.3, 0.4) is 0 Å². The number of hydrogen-bond acceptors (Lipinski definition) is 3. The SMILES string of the molecule is O=C(/C=C/c1ccc(C(F)(F)F)cc1)N1CCN(S(=O)(=O)c2cccc(F)c2)CC1. The molecule has 30 heavy (non-hydrogen) atoms. The molecule has 1 amide bonds. The van der Waals surface area contributed by atoms with Crippen LogP contribution in [0.5, 0.6) is 0 Å². The number of piperazine rings is 1. The first-order valence-corrected chi connectivity index (χ1v) is 10.4. The fraction of sp³-hybridized carbons (Fsp3) is 0.250. The van der Waals surface area contributed by atoms with Crippen molar-refractivity contribution in [3.8, 4) is 0 Å². The third kappa shape index (κ3) is 5.06. The van der Waals surface area contributed by atoms with Gasteiger partial charge in [0, 0.05) is 32.3 Å². The Morgan fingerprint density at radius 2 is 1.60 bits per heavy atom. The molecule has 3 rings (SSSR count). The van der Waals surface area contributed by atoms with Gasteiger partial charge in [-0.25, -0.2) is 12.8 Å². The second kappa shape index (κ2) is 8.57. The number of alkyl halides is 3. The predicted octanol–water partition coefficient (Wildman–Crippen LogP) is 3.39. The van der Waals surface area contributed by atoms with Crippen molar-refractivity contribution in [2.75, 3.05) is 26.2 Å². The average molecular weight is 442 g/mol. The number of nitrogens with zero attached hydrogens (tertiary/aromatic N) is 2. The molecule has 1 aliphatic heterocycles. The van der Waals surface area contributed by atoms with Crippen molar-refractivity contribution in [3.05, 3.63) is 71.6 Å². The van der Waals surface area contributed by atoms with E-state index in [1.54, 1.807) is 0 Å². The Kier molecular flexibility index (Phi) is 6.27. The highest BCUT2D eigenvalue weighted by molar-refractivity contribution is 7.89. The highest BCUT2D eigenvalue weighted by Crippen LogP contribution is 2.29. The molecule has 160 valence electrons. The molecule has 0 bridgehead atoms. The molecule has 2 aromatic carbocycles. The summed E-state index contributed by atoms with van der Waals surface area (Å²) in [5, 5.41) is 0. The molecule has 1 aliphatic rings. The summed E-state index contributed by atoms with van der Waals surface area (Å²) in [5.74, 6) is -1.03. The third-order valence-electron chi connectivity index (χ3n) is 4.64. The minimum Gasteiger partial charge on any atom is -0.337 e. The van der Waals surface area contributed by atoms with Crippen LogP contribution in [0.25, 0.3) is 6.08 Å². The number of sulfonamides is 1. The maximum Gasteiger partial charge on any atom is 0.416 e. The zero-order chi connectivity index (χ0) is 21.9. The molecule has 0 aliphatic carbocycles. The number of halogens is 4. The summed E-state index contributed by atoms with van der Waals surface area (Å²) in [6.07, 6.45) is -1.79. The van der Waals surface area contributed by atoms with E-state index in [1.807, 2.05) is 0 Å². The minimum absolute atomic E-state index is 0.0543. The van der Waals surface area contributed by atoms with Crippen molar-refractivity contribution in [2.45, 2.75) is 11.1 Å². The molecule has 0 aromatic heterocycles. The van der Waals surface area contributed by atoms with E-state index in [4.69, 9.17) is 0 Å². The molecule has 0 atom stereocenters. The van der Waals surface area contributed by atoms with Crippen LogP contribution in [0.4, 0.5) is 17.6 Å². The molecular formula is C20H18F4N2O3S. The third-order valence-corrected chi connectivity index (χ3v) is 6.54. The zero-order valence-electron chi connectivity index (χ0n) is 15.6. The van der Waals surface area contributed by atoms with Gasteiger partial charge >= 0.3 is 6.18 Å². The lowest BCUT2D eigenvalue weighted by Crippen LogP contribution is -2.50. The van der Waals surface area contributed by atoms with Crippen molar-refractivity contribution in [3.63, 3.8) is 0 Å². The second-order valence-corrected chi connectivity index (χ2v) is 8.58. The van der Waals surface area contributed by atoms with Crippen LogP contribution in [-0.4, -0.2) is 49.7 Å². The lowest BCUT2D eigenvalue weighted by molar-refractivity contribution is -0.137. The quantitative estimate of drug-likeness (QED) is 0.539. The van der Waals surface area contributed by atoms with Crippen LogP contribution in [0.1, 0.15) is 11.1 Å². The van der Waals surface area contributed by atoms with E-state index in [-0.39, 0.29) is 37.0 Å². The van der Waals surface area contributed by atoms with Crippen molar-refractivity contribution < 1.29 is 30.8 Å². The molecule has 0 radical (unpaired) electrons. The highest BCUT2D eigenvalue weighted by Gasteiger charge is 2.30. The predicted molar refractivity (Wildman–Crippen MR) is 102 cm³/mol. The van der Waals surface area contributed by atoms with Gasteiger partial charge in [-0.05, 0) is 42.0 Å². The first-order chi connectivity index (χ1) is 14.1. The monoisotopic (exact) mass is 442 g/mol. The molecular weight excluding hydrogens is 424 g/mol. The summed E-state index contributed by atoms with van der Waals surface area (Å²) >= 11 is 0. The molecule has 1 saturated heterocycles. The van der Waals surface area contributed by atoms with Crippen molar-refractivity contribution in [2.24, 2.45) is 0 Å². The summed E-state index contributed by atoms with van der Waals surface area (Å²) in [6, 6.07) is 9.10. The van der Waals surface area contributed by atoms with Gasteiger partial charge in [-0.2, -0.15) is 17.5 Å². The Hall–Kier alpha value is -2.72. The lowest BCUT2D eigenvalue weighted by atomic mass is 10.1. The van der Waals surface area contributed by atoms with Gasteiger partial charge in [0.2, 0.25) is 15.9 Å². The maximum atomic E-state index is 13.3. The second-order valence-electron chi connectivity index (χ2n) is 6.64. The molecule has 0 N–H and O–H groups in total. The number of benzene rings is 2. The summed E-state index contributed by atoms with van der Waals surface area (Å²) in [4.78, 5) is 13.6. The topological polar surface area (TPSA) is 57.7 Å². The Morgan fingerprint density at radius 1 is 0.967 bits per heavy atom. The molecule has 5 nitrogen and oxygen atoms in total. The van der Waals surface area contributed by atoms with E-state index in [0.29, 0.717) is 5.56 Å². The molecule has 1 fully saturated rings. The zero-order valence-corrected chi connectivity index (χ0v) is 16.5. The summed E-state index contributed by atoms with van der Waals surface area (Å²) in [7, 11) is -3.86. The fourth-order valence-electron chi connectivity index (χ4n) is 2.98. The number of hydrogen-bond donors (Lipinski definition) is 0. The molecule has 0 spiro atoms. The molecule has 0 saturated carbocycles.